The van der Waals surface area contributed by atoms with Gasteiger partial charge < -0.3 is 0 Å². The molecule has 0 bridgehead atoms. The van der Waals surface area contributed by atoms with E-state index in [1.807, 2.05) is 47.9 Å². The largest absolute Gasteiger partial charge is 0.283 e. The number of aryl methyl sites for hydroxylation is 1. The van der Waals surface area contributed by atoms with Gasteiger partial charge in [-0.3, -0.25) is 4.40 Å². The van der Waals surface area contributed by atoms with Gasteiger partial charge in [0.25, 0.3) is 0 Å². The fourth-order valence-electron chi connectivity index (χ4n) is 2.29. The molecule has 0 aliphatic carbocycles. The number of azo groups is 1. The SMILES string of the molecule is Cc1ccc2nc(C(C)C)c(N=Nc3cccc(Cl)c3)n2c1. The van der Waals surface area contributed by atoms with Gasteiger partial charge >= 0.3 is 0 Å². The van der Waals surface area contributed by atoms with Crippen molar-refractivity contribution in [1.82, 2.24) is 9.38 Å². The monoisotopic (exact) mass is 312 g/mol. The van der Waals surface area contributed by atoms with Crippen LogP contribution in [0.3, 0.4) is 0 Å². The van der Waals surface area contributed by atoms with Crippen LogP contribution in [0.1, 0.15) is 31.0 Å². The standard InChI is InChI=1S/C17H17ClN4/c1-11(2)16-17(21-20-14-6-4-5-13(18)9-14)22-10-12(3)7-8-15(22)19-16/h4-11H,1-3H3. The van der Waals surface area contributed by atoms with E-state index in [4.69, 9.17) is 11.6 Å². The molecule has 0 fully saturated rings. The van der Waals surface area contributed by atoms with Crippen LogP contribution in [0.15, 0.2) is 52.8 Å². The molecule has 0 aliphatic rings. The Morgan fingerprint density at radius 2 is 1.95 bits per heavy atom. The number of nitrogens with zero attached hydrogens (tertiary/aromatic N) is 4. The van der Waals surface area contributed by atoms with E-state index in [9.17, 15) is 0 Å². The summed E-state index contributed by atoms with van der Waals surface area (Å²) in [7, 11) is 0. The summed E-state index contributed by atoms with van der Waals surface area (Å²) in [4.78, 5) is 4.67. The van der Waals surface area contributed by atoms with Crippen LogP contribution in [0.25, 0.3) is 5.65 Å². The van der Waals surface area contributed by atoms with Crippen molar-refractivity contribution < 1.29 is 0 Å². The highest BCUT2D eigenvalue weighted by molar-refractivity contribution is 6.30. The highest BCUT2D eigenvalue weighted by Gasteiger charge is 2.15. The second-order valence-electron chi connectivity index (χ2n) is 5.59. The minimum absolute atomic E-state index is 0.272. The van der Waals surface area contributed by atoms with Crippen LogP contribution in [0.4, 0.5) is 11.5 Å². The quantitative estimate of drug-likeness (QED) is 0.560. The van der Waals surface area contributed by atoms with E-state index in [2.05, 4.69) is 29.1 Å². The van der Waals surface area contributed by atoms with Crippen LogP contribution in [0.5, 0.6) is 0 Å². The fraction of sp³-hybridized carbons (Fsp3) is 0.235. The first kappa shape index (κ1) is 14.7. The lowest BCUT2D eigenvalue weighted by atomic mass is 10.1. The number of pyridine rings is 1. The second kappa shape index (κ2) is 5.89. The predicted molar refractivity (Wildman–Crippen MR) is 89.6 cm³/mol. The first-order chi connectivity index (χ1) is 10.5. The molecule has 2 aromatic heterocycles. The van der Waals surface area contributed by atoms with E-state index in [1.165, 1.54) is 0 Å². The first-order valence-corrected chi connectivity index (χ1v) is 7.58. The van der Waals surface area contributed by atoms with Gasteiger partial charge in [0.15, 0.2) is 5.82 Å². The van der Waals surface area contributed by atoms with Gasteiger partial charge in [-0.25, -0.2) is 4.98 Å². The Labute approximate surface area is 134 Å². The fourth-order valence-corrected chi connectivity index (χ4v) is 2.47. The molecule has 0 radical (unpaired) electrons. The summed E-state index contributed by atoms with van der Waals surface area (Å²) >= 11 is 5.98. The minimum atomic E-state index is 0.272. The number of halogens is 1. The molecule has 5 heteroatoms. The molecule has 0 amide bonds. The molecule has 0 atom stereocenters. The van der Waals surface area contributed by atoms with Gasteiger partial charge in [0.05, 0.1) is 11.4 Å². The molecule has 2 heterocycles. The van der Waals surface area contributed by atoms with Crippen molar-refractivity contribution in [2.24, 2.45) is 10.2 Å². The van der Waals surface area contributed by atoms with Gasteiger partial charge in [-0.2, -0.15) is 0 Å². The van der Waals surface area contributed by atoms with Gasteiger partial charge in [0, 0.05) is 11.2 Å². The van der Waals surface area contributed by atoms with Crippen LogP contribution >= 0.6 is 11.6 Å². The van der Waals surface area contributed by atoms with E-state index >= 15 is 0 Å². The maximum atomic E-state index is 5.98. The summed E-state index contributed by atoms with van der Waals surface area (Å²) in [6.07, 6.45) is 2.03. The van der Waals surface area contributed by atoms with Crippen LogP contribution in [0.2, 0.25) is 5.02 Å². The Morgan fingerprint density at radius 1 is 1.14 bits per heavy atom. The van der Waals surface area contributed by atoms with Crippen LogP contribution in [0, 0.1) is 6.92 Å². The minimum Gasteiger partial charge on any atom is -0.283 e. The number of benzene rings is 1. The zero-order chi connectivity index (χ0) is 15.7. The molecule has 0 spiro atoms. The maximum absolute atomic E-state index is 5.98. The Balaban J connectivity index is 2.12. The van der Waals surface area contributed by atoms with Gasteiger partial charge in [-0.05, 0) is 42.7 Å². The average Bonchev–Trinajstić information content (AvgIpc) is 2.83. The summed E-state index contributed by atoms with van der Waals surface area (Å²) in [6.45, 7) is 6.26. The first-order valence-electron chi connectivity index (χ1n) is 7.20. The van der Waals surface area contributed by atoms with Gasteiger partial charge in [-0.1, -0.05) is 37.6 Å². The highest BCUT2D eigenvalue weighted by Crippen LogP contribution is 2.30. The number of imidazole rings is 1. The molecule has 0 unspecified atom stereocenters. The predicted octanol–water partition coefficient (Wildman–Crippen LogP) is 5.83. The second-order valence-corrected chi connectivity index (χ2v) is 6.03. The number of rotatable bonds is 3. The zero-order valence-corrected chi connectivity index (χ0v) is 13.5. The van der Waals surface area contributed by atoms with E-state index in [-0.39, 0.29) is 5.92 Å². The van der Waals surface area contributed by atoms with E-state index in [0.717, 1.165) is 28.4 Å². The molecule has 0 aliphatic heterocycles. The molecule has 0 saturated heterocycles. The Morgan fingerprint density at radius 3 is 2.68 bits per heavy atom. The van der Waals surface area contributed by atoms with E-state index in [0.29, 0.717) is 5.02 Å². The zero-order valence-electron chi connectivity index (χ0n) is 12.8. The summed E-state index contributed by atoms with van der Waals surface area (Å²) < 4.78 is 1.98. The number of fused-ring (bicyclic) bond motifs is 1. The average molecular weight is 313 g/mol. The molecule has 4 nitrogen and oxygen atoms in total. The van der Waals surface area contributed by atoms with Crippen molar-refractivity contribution >= 4 is 28.8 Å². The lowest BCUT2D eigenvalue weighted by Crippen LogP contribution is -1.88. The lowest BCUT2D eigenvalue weighted by Gasteiger charge is -2.02. The van der Waals surface area contributed by atoms with Crippen molar-refractivity contribution in [2.45, 2.75) is 26.7 Å². The van der Waals surface area contributed by atoms with Crippen molar-refractivity contribution in [1.29, 1.82) is 0 Å². The summed E-state index contributed by atoms with van der Waals surface area (Å²) in [5.41, 5.74) is 3.70. The summed E-state index contributed by atoms with van der Waals surface area (Å²) in [5, 5.41) is 9.39. The van der Waals surface area contributed by atoms with Gasteiger partial charge in [-0.15, -0.1) is 10.2 Å². The summed E-state index contributed by atoms with van der Waals surface area (Å²) in [5.74, 6) is 1.04. The smallest absolute Gasteiger partial charge is 0.183 e. The van der Waals surface area contributed by atoms with Crippen molar-refractivity contribution in [3.05, 3.63) is 58.9 Å². The van der Waals surface area contributed by atoms with E-state index < -0.39 is 0 Å². The maximum Gasteiger partial charge on any atom is 0.183 e. The Bertz CT molecular complexity index is 849. The molecular formula is C17H17ClN4. The molecule has 3 aromatic rings. The molecule has 22 heavy (non-hydrogen) atoms. The van der Waals surface area contributed by atoms with Crippen LogP contribution in [-0.4, -0.2) is 9.38 Å². The van der Waals surface area contributed by atoms with Crippen LogP contribution in [-0.2, 0) is 0 Å². The molecule has 0 saturated carbocycles. The topological polar surface area (TPSA) is 42.0 Å². The molecule has 1 aromatic carbocycles. The highest BCUT2D eigenvalue weighted by atomic mass is 35.5. The molecule has 112 valence electrons. The third-order valence-corrected chi connectivity index (χ3v) is 3.62. The normalized spacial score (nSPS) is 11.9. The van der Waals surface area contributed by atoms with Crippen LogP contribution < -0.4 is 0 Å². The molecule has 0 N–H and O–H groups in total. The Hall–Kier alpha value is -2.20. The molecular weight excluding hydrogens is 296 g/mol. The number of aromatic nitrogens is 2. The number of hydrogen-bond donors (Lipinski definition) is 0. The molecule has 3 rings (SSSR count). The third kappa shape index (κ3) is 2.88. The summed E-state index contributed by atoms with van der Waals surface area (Å²) in [6, 6.07) is 11.4. The van der Waals surface area contributed by atoms with Crippen molar-refractivity contribution in [2.75, 3.05) is 0 Å². The number of hydrogen-bond acceptors (Lipinski definition) is 3. The van der Waals surface area contributed by atoms with Gasteiger partial charge in [0.1, 0.15) is 5.65 Å². The van der Waals surface area contributed by atoms with Crippen molar-refractivity contribution in [3.8, 4) is 0 Å². The van der Waals surface area contributed by atoms with E-state index in [1.54, 1.807) is 6.07 Å². The Kier molecular flexibility index (Phi) is 3.94. The third-order valence-electron chi connectivity index (χ3n) is 3.38. The van der Waals surface area contributed by atoms with Crippen molar-refractivity contribution in [3.63, 3.8) is 0 Å². The lowest BCUT2D eigenvalue weighted by molar-refractivity contribution is 0.831. The van der Waals surface area contributed by atoms with Gasteiger partial charge in [0.2, 0.25) is 0 Å².